The van der Waals surface area contributed by atoms with Crippen molar-refractivity contribution < 1.29 is 9.21 Å². The molecule has 0 saturated carbocycles. The molecule has 0 aliphatic carbocycles. The lowest BCUT2D eigenvalue weighted by molar-refractivity contribution is 0.110. The predicted molar refractivity (Wildman–Crippen MR) is 70.4 cm³/mol. The van der Waals surface area contributed by atoms with Crippen molar-refractivity contribution in [1.29, 1.82) is 0 Å². The van der Waals surface area contributed by atoms with E-state index in [0.717, 1.165) is 18.3 Å². The Kier molecular flexibility index (Phi) is 7.44. The zero-order valence-corrected chi connectivity index (χ0v) is 10.9. The maximum Gasteiger partial charge on any atom is 0.185 e. The fourth-order valence-corrected chi connectivity index (χ4v) is 2.05. The summed E-state index contributed by atoms with van der Waals surface area (Å²) >= 11 is 0. The fraction of sp³-hybridized carbons (Fsp3) is 0.667. The largest absolute Gasteiger partial charge is 0.461 e. The summed E-state index contributed by atoms with van der Waals surface area (Å²) in [5.74, 6) is 0.444. The maximum absolute atomic E-state index is 10.4. The van der Waals surface area contributed by atoms with Crippen LogP contribution in [0.2, 0.25) is 0 Å². The van der Waals surface area contributed by atoms with Gasteiger partial charge < -0.3 is 4.42 Å². The summed E-state index contributed by atoms with van der Waals surface area (Å²) in [6.07, 6.45) is 14.2. The zero-order valence-electron chi connectivity index (χ0n) is 10.9. The summed E-state index contributed by atoms with van der Waals surface area (Å²) in [5.41, 5.74) is 1.15. The zero-order chi connectivity index (χ0) is 12.3. The molecule has 0 spiro atoms. The normalized spacial score (nSPS) is 10.6. The minimum absolute atomic E-state index is 0.444. The molecule has 0 aromatic carbocycles. The van der Waals surface area contributed by atoms with Gasteiger partial charge in [-0.3, -0.25) is 4.79 Å². The molecule has 0 aliphatic heterocycles. The van der Waals surface area contributed by atoms with Crippen molar-refractivity contribution in [2.45, 2.75) is 64.7 Å². The van der Waals surface area contributed by atoms with E-state index < -0.39 is 0 Å². The second-order valence-electron chi connectivity index (χ2n) is 4.70. The number of hydrogen-bond donors (Lipinski definition) is 0. The summed E-state index contributed by atoms with van der Waals surface area (Å²) in [6.45, 7) is 2.25. The third-order valence-electron chi connectivity index (χ3n) is 3.11. The summed E-state index contributed by atoms with van der Waals surface area (Å²) in [7, 11) is 0. The molecule has 17 heavy (non-hydrogen) atoms. The maximum atomic E-state index is 10.4. The fourth-order valence-electron chi connectivity index (χ4n) is 2.05. The molecule has 1 rings (SSSR count). The van der Waals surface area contributed by atoms with E-state index in [1.807, 2.05) is 6.07 Å². The third kappa shape index (κ3) is 6.30. The first-order chi connectivity index (χ1) is 8.36. The molecule has 0 unspecified atom stereocenters. The molecule has 0 fully saturated rings. The van der Waals surface area contributed by atoms with E-state index >= 15 is 0 Å². The number of hydrogen-bond acceptors (Lipinski definition) is 2. The third-order valence-corrected chi connectivity index (χ3v) is 3.11. The van der Waals surface area contributed by atoms with Crippen LogP contribution < -0.4 is 0 Å². The monoisotopic (exact) mass is 236 g/mol. The van der Waals surface area contributed by atoms with Crippen molar-refractivity contribution in [3.05, 3.63) is 23.7 Å². The predicted octanol–water partition coefficient (Wildman–Crippen LogP) is 4.78. The summed E-state index contributed by atoms with van der Waals surface area (Å²) in [6, 6.07) is 1.84. The van der Waals surface area contributed by atoms with E-state index in [1.165, 1.54) is 51.4 Å². The van der Waals surface area contributed by atoms with Crippen LogP contribution in [0.1, 0.15) is 74.4 Å². The number of carbonyl (C=O) groups excluding carboxylic acids is 1. The van der Waals surface area contributed by atoms with Crippen LogP contribution >= 0.6 is 0 Å². The first-order valence-corrected chi connectivity index (χ1v) is 6.89. The van der Waals surface area contributed by atoms with Gasteiger partial charge in [0.2, 0.25) is 0 Å². The van der Waals surface area contributed by atoms with Crippen LogP contribution in [0.5, 0.6) is 0 Å². The molecule has 0 bridgehead atoms. The second-order valence-corrected chi connectivity index (χ2v) is 4.70. The molecule has 0 aliphatic rings. The molecular weight excluding hydrogens is 212 g/mol. The molecule has 96 valence electrons. The number of carbonyl (C=O) groups is 1. The van der Waals surface area contributed by atoms with Crippen molar-refractivity contribution in [3.8, 4) is 0 Å². The van der Waals surface area contributed by atoms with Gasteiger partial charge in [-0.15, -0.1) is 0 Å². The van der Waals surface area contributed by atoms with Gasteiger partial charge in [0.05, 0.1) is 6.26 Å². The van der Waals surface area contributed by atoms with Crippen molar-refractivity contribution in [3.63, 3.8) is 0 Å². The quantitative estimate of drug-likeness (QED) is 0.432. The van der Waals surface area contributed by atoms with Gasteiger partial charge in [-0.05, 0) is 24.5 Å². The van der Waals surface area contributed by atoms with E-state index in [2.05, 4.69) is 6.92 Å². The molecule has 1 heterocycles. The summed E-state index contributed by atoms with van der Waals surface area (Å²) < 4.78 is 5.07. The van der Waals surface area contributed by atoms with Crippen LogP contribution in [0.15, 0.2) is 16.7 Å². The van der Waals surface area contributed by atoms with Gasteiger partial charge in [-0.2, -0.15) is 0 Å². The standard InChI is InChI=1S/C15H24O2/c1-2-3-4-5-6-7-8-9-10-14-11-15(12-16)17-13-14/h11-13H,2-10H2,1H3. The van der Waals surface area contributed by atoms with E-state index in [1.54, 1.807) is 6.26 Å². The van der Waals surface area contributed by atoms with Gasteiger partial charge in [0.1, 0.15) is 0 Å². The highest BCUT2D eigenvalue weighted by Gasteiger charge is 2.00. The van der Waals surface area contributed by atoms with Crippen molar-refractivity contribution >= 4 is 6.29 Å². The Labute approximate surface area is 104 Å². The van der Waals surface area contributed by atoms with E-state index in [4.69, 9.17) is 4.42 Å². The Morgan fingerprint density at radius 3 is 2.29 bits per heavy atom. The SMILES string of the molecule is CCCCCCCCCCc1coc(C=O)c1. The number of rotatable bonds is 10. The van der Waals surface area contributed by atoms with Crippen LogP contribution in [0.3, 0.4) is 0 Å². The molecule has 2 nitrogen and oxygen atoms in total. The van der Waals surface area contributed by atoms with Crippen LogP contribution in [-0.4, -0.2) is 6.29 Å². The highest BCUT2D eigenvalue weighted by Crippen LogP contribution is 2.12. The Morgan fingerprint density at radius 1 is 1.06 bits per heavy atom. The van der Waals surface area contributed by atoms with Gasteiger partial charge in [0, 0.05) is 0 Å². The lowest BCUT2D eigenvalue weighted by Crippen LogP contribution is -1.84. The highest BCUT2D eigenvalue weighted by atomic mass is 16.3. The lowest BCUT2D eigenvalue weighted by atomic mass is 10.1. The van der Waals surface area contributed by atoms with Gasteiger partial charge in [-0.1, -0.05) is 51.9 Å². The second kappa shape index (κ2) is 9.03. The van der Waals surface area contributed by atoms with Crippen LogP contribution in [-0.2, 0) is 6.42 Å². The minimum Gasteiger partial charge on any atom is -0.461 e. The van der Waals surface area contributed by atoms with Gasteiger partial charge in [0.15, 0.2) is 12.0 Å². The summed E-state index contributed by atoms with van der Waals surface area (Å²) in [4.78, 5) is 10.4. The average molecular weight is 236 g/mol. The van der Waals surface area contributed by atoms with Crippen molar-refractivity contribution in [1.82, 2.24) is 0 Å². The van der Waals surface area contributed by atoms with Crippen LogP contribution in [0.4, 0.5) is 0 Å². The minimum atomic E-state index is 0.444. The molecular formula is C15H24O2. The Morgan fingerprint density at radius 2 is 1.71 bits per heavy atom. The first-order valence-electron chi connectivity index (χ1n) is 6.89. The molecule has 0 atom stereocenters. The molecule has 0 amide bonds. The van der Waals surface area contributed by atoms with Gasteiger partial charge in [-0.25, -0.2) is 0 Å². The smallest absolute Gasteiger partial charge is 0.185 e. The van der Waals surface area contributed by atoms with E-state index in [0.29, 0.717) is 5.76 Å². The number of aryl methyl sites for hydroxylation is 1. The van der Waals surface area contributed by atoms with E-state index in [9.17, 15) is 4.79 Å². The number of unbranched alkanes of at least 4 members (excludes halogenated alkanes) is 7. The van der Waals surface area contributed by atoms with Crippen LogP contribution in [0.25, 0.3) is 0 Å². The lowest BCUT2D eigenvalue weighted by Gasteiger charge is -2.00. The Hall–Kier alpha value is -1.05. The average Bonchev–Trinajstić information content (AvgIpc) is 2.80. The van der Waals surface area contributed by atoms with Crippen molar-refractivity contribution in [2.75, 3.05) is 0 Å². The highest BCUT2D eigenvalue weighted by molar-refractivity contribution is 5.70. The molecule has 0 N–H and O–H groups in total. The molecule has 2 heteroatoms. The molecule has 1 aromatic heterocycles. The van der Waals surface area contributed by atoms with Gasteiger partial charge >= 0.3 is 0 Å². The topological polar surface area (TPSA) is 30.2 Å². The van der Waals surface area contributed by atoms with Crippen molar-refractivity contribution in [2.24, 2.45) is 0 Å². The molecule has 1 aromatic rings. The number of aldehydes is 1. The molecule has 0 radical (unpaired) electrons. The van der Waals surface area contributed by atoms with Gasteiger partial charge in [0.25, 0.3) is 0 Å². The summed E-state index contributed by atoms with van der Waals surface area (Å²) in [5, 5.41) is 0. The first kappa shape index (κ1) is 14.0. The molecule has 0 saturated heterocycles. The Balaban J connectivity index is 1.95. The number of furan rings is 1. The van der Waals surface area contributed by atoms with Crippen LogP contribution in [0, 0.1) is 0 Å². The Bertz CT molecular complexity index is 302. The van der Waals surface area contributed by atoms with E-state index in [-0.39, 0.29) is 0 Å².